The van der Waals surface area contributed by atoms with Crippen LogP contribution in [0.5, 0.6) is 0 Å². The van der Waals surface area contributed by atoms with Crippen molar-refractivity contribution in [2.24, 2.45) is 5.73 Å². The van der Waals surface area contributed by atoms with E-state index in [1.54, 1.807) is 10.9 Å². The van der Waals surface area contributed by atoms with Gasteiger partial charge in [-0.05, 0) is 87.4 Å². The molecular weight excluding hydrogens is 663 g/mol. The molecule has 0 spiro atoms. The fourth-order valence-corrected chi connectivity index (χ4v) is 7.29. The average Bonchev–Trinajstić information content (AvgIpc) is 3.72. The van der Waals surface area contributed by atoms with Gasteiger partial charge in [-0.15, -0.1) is 0 Å². The monoisotopic (exact) mass is 706 g/mol. The van der Waals surface area contributed by atoms with Gasteiger partial charge in [0.25, 0.3) is 0 Å². The van der Waals surface area contributed by atoms with Crippen LogP contribution >= 0.6 is 34.8 Å². The lowest BCUT2D eigenvalue weighted by atomic mass is 9.95. The second-order valence-corrected chi connectivity index (χ2v) is 13.8. The van der Waals surface area contributed by atoms with E-state index in [1.165, 1.54) is 64.2 Å². The third-order valence-corrected chi connectivity index (χ3v) is 9.89. The van der Waals surface area contributed by atoms with Gasteiger partial charge in [0.05, 0.1) is 23.2 Å². The minimum atomic E-state index is -0.0803. The standard InChI is InChI=1S/C16H22ClN5O.C10H10Cl2N4O.C6H13N/c17-16-20-14(19-11-6-2-1-3-7-11)12-10-18-22(15(12)21-16)13-8-4-5-9-23-13;11-8-6-5-13-16(7-3-1-2-4-17-7)9(6)15-10(12)14-8;7-6-4-2-1-3-5-6/h10-11,13H,1-9H2,(H,19,20,21);5,7H,1-4H2;6H,1-5,7H2. The van der Waals surface area contributed by atoms with Gasteiger partial charge in [0.2, 0.25) is 10.6 Å². The second kappa shape index (κ2) is 16.8. The summed E-state index contributed by atoms with van der Waals surface area (Å²) >= 11 is 18.0. The zero-order valence-corrected chi connectivity index (χ0v) is 29.1. The van der Waals surface area contributed by atoms with Crippen molar-refractivity contribution in [1.82, 2.24) is 39.5 Å². The molecule has 4 aliphatic rings. The highest BCUT2D eigenvalue weighted by Gasteiger charge is 2.23. The number of hydrogen-bond acceptors (Lipinski definition) is 10. The van der Waals surface area contributed by atoms with Crippen molar-refractivity contribution in [3.8, 4) is 0 Å². The summed E-state index contributed by atoms with van der Waals surface area (Å²) in [6.45, 7) is 1.52. The molecule has 3 N–H and O–H groups in total. The largest absolute Gasteiger partial charge is 0.367 e. The molecule has 2 unspecified atom stereocenters. The Kier molecular flexibility index (Phi) is 12.4. The molecule has 2 saturated heterocycles. The molecule has 2 atom stereocenters. The first-order chi connectivity index (χ1) is 23.0. The van der Waals surface area contributed by atoms with Gasteiger partial charge in [-0.25, -0.2) is 14.3 Å². The predicted molar refractivity (Wildman–Crippen MR) is 185 cm³/mol. The molecule has 47 heavy (non-hydrogen) atoms. The Balaban J connectivity index is 0.000000141. The summed E-state index contributed by atoms with van der Waals surface area (Å²) < 4.78 is 15.1. The molecule has 256 valence electrons. The number of fused-ring (bicyclic) bond motifs is 2. The van der Waals surface area contributed by atoms with Gasteiger partial charge in [0.15, 0.2) is 23.8 Å². The van der Waals surface area contributed by atoms with Gasteiger partial charge in [-0.2, -0.15) is 25.1 Å². The van der Waals surface area contributed by atoms with Crippen LogP contribution in [0.25, 0.3) is 22.1 Å². The van der Waals surface area contributed by atoms with Gasteiger partial charge < -0.3 is 20.5 Å². The van der Waals surface area contributed by atoms with Crippen LogP contribution in [-0.2, 0) is 9.47 Å². The van der Waals surface area contributed by atoms with Gasteiger partial charge in [-0.3, -0.25) is 0 Å². The molecule has 0 amide bonds. The third-order valence-electron chi connectivity index (χ3n) is 9.26. The van der Waals surface area contributed by atoms with Gasteiger partial charge in [0.1, 0.15) is 11.0 Å². The van der Waals surface area contributed by atoms with E-state index in [1.807, 2.05) is 10.9 Å². The number of ether oxygens (including phenoxy) is 2. The van der Waals surface area contributed by atoms with E-state index in [4.69, 9.17) is 50.0 Å². The van der Waals surface area contributed by atoms with Crippen LogP contribution in [0.1, 0.15) is 115 Å². The minimum Gasteiger partial charge on any atom is -0.367 e. The van der Waals surface area contributed by atoms with Crippen LogP contribution in [0.4, 0.5) is 5.82 Å². The van der Waals surface area contributed by atoms with E-state index in [-0.39, 0.29) is 23.0 Å². The predicted octanol–water partition coefficient (Wildman–Crippen LogP) is 8.03. The highest BCUT2D eigenvalue weighted by atomic mass is 35.5. The number of halogens is 3. The SMILES string of the molecule is Clc1nc(Cl)c2cnn(C3CCCCO3)c2n1.Clc1nc(NC2CCCCC2)c2cnn(C3CCCCO3)c2n1.NC1CCCCC1. The molecule has 2 aliphatic carbocycles. The molecule has 2 aliphatic heterocycles. The first-order valence-corrected chi connectivity index (χ1v) is 18.3. The first-order valence-electron chi connectivity index (χ1n) is 17.2. The maximum atomic E-state index is 6.17. The van der Waals surface area contributed by atoms with Crippen LogP contribution in [0.15, 0.2) is 12.4 Å². The van der Waals surface area contributed by atoms with Crippen molar-refractivity contribution in [1.29, 1.82) is 0 Å². The molecule has 6 heterocycles. The second-order valence-electron chi connectivity index (χ2n) is 12.8. The summed E-state index contributed by atoms with van der Waals surface area (Å²) in [5.41, 5.74) is 7.02. The summed E-state index contributed by atoms with van der Waals surface area (Å²) in [6.07, 6.45) is 22.6. The Morgan fingerprint density at radius 1 is 0.617 bits per heavy atom. The van der Waals surface area contributed by atoms with Gasteiger partial charge in [0, 0.05) is 25.3 Å². The Hall–Kier alpha value is -2.35. The Morgan fingerprint density at radius 3 is 1.66 bits per heavy atom. The lowest BCUT2D eigenvalue weighted by Crippen LogP contribution is -2.23. The smallest absolute Gasteiger partial charge is 0.226 e. The van der Waals surface area contributed by atoms with Gasteiger partial charge in [-0.1, -0.05) is 50.1 Å². The van der Waals surface area contributed by atoms with E-state index < -0.39 is 0 Å². The lowest BCUT2D eigenvalue weighted by molar-refractivity contribution is -0.0371. The molecule has 0 bridgehead atoms. The van der Waals surface area contributed by atoms with Crippen LogP contribution < -0.4 is 11.1 Å². The number of aromatic nitrogens is 8. The maximum absolute atomic E-state index is 6.17. The van der Waals surface area contributed by atoms with E-state index in [9.17, 15) is 0 Å². The minimum absolute atomic E-state index is 0.0465. The highest BCUT2D eigenvalue weighted by molar-refractivity contribution is 6.35. The molecule has 4 aromatic heterocycles. The fraction of sp³-hybridized carbons (Fsp3) is 0.688. The van der Waals surface area contributed by atoms with E-state index >= 15 is 0 Å². The van der Waals surface area contributed by atoms with E-state index in [0.29, 0.717) is 28.3 Å². The van der Waals surface area contributed by atoms with E-state index in [2.05, 4.69) is 35.5 Å². The molecule has 0 radical (unpaired) electrons. The van der Waals surface area contributed by atoms with Crippen molar-refractivity contribution >= 4 is 62.7 Å². The number of nitrogens with two attached hydrogens (primary N) is 1. The van der Waals surface area contributed by atoms with E-state index in [0.717, 1.165) is 68.6 Å². The van der Waals surface area contributed by atoms with Crippen molar-refractivity contribution in [2.45, 2.75) is 127 Å². The molecule has 4 aromatic rings. The third kappa shape index (κ3) is 9.01. The van der Waals surface area contributed by atoms with Crippen molar-refractivity contribution < 1.29 is 9.47 Å². The zero-order valence-electron chi connectivity index (χ0n) is 26.8. The van der Waals surface area contributed by atoms with Crippen LogP contribution in [0.2, 0.25) is 15.7 Å². The first kappa shape index (κ1) is 34.5. The number of rotatable bonds is 4. The maximum Gasteiger partial charge on any atom is 0.226 e. The normalized spacial score (nSPS) is 22.7. The zero-order chi connectivity index (χ0) is 32.6. The molecule has 15 heteroatoms. The quantitative estimate of drug-likeness (QED) is 0.158. The summed E-state index contributed by atoms with van der Waals surface area (Å²) in [6, 6.07) is 1.00. The number of nitrogens with zero attached hydrogens (tertiary/aromatic N) is 8. The Morgan fingerprint density at radius 2 is 1.13 bits per heavy atom. The molecule has 12 nitrogen and oxygen atoms in total. The summed E-state index contributed by atoms with van der Waals surface area (Å²) in [5.74, 6) is 0.800. The lowest BCUT2D eigenvalue weighted by Gasteiger charge is -2.24. The van der Waals surface area contributed by atoms with Crippen LogP contribution in [-0.4, -0.2) is 64.8 Å². The number of anilines is 1. The number of nitrogens with one attached hydrogen (secondary N) is 1. The fourth-order valence-electron chi connectivity index (χ4n) is 6.70. The van der Waals surface area contributed by atoms with Crippen LogP contribution in [0.3, 0.4) is 0 Å². The van der Waals surface area contributed by atoms with Crippen molar-refractivity contribution in [3.05, 3.63) is 28.1 Å². The molecule has 2 saturated carbocycles. The average molecular weight is 708 g/mol. The Bertz CT molecular complexity index is 1580. The number of hydrogen-bond donors (Lipinski definition) is 2. The Labute approximate surface area is 290 Å². The van der Waals surface area contributed by atoms with Crippen molar-refractivity contribution in [2.75, 3.05) is 18.5 Å². The summed E-state index contributed by atoms with van der Waals surface area (Å²) in [4.78, 5) is 16.9. The van der Waals surface area contributed by atoms with Gasteiger partial charge >= 0.3 is 0 Å². The highest BCUT2D eigenvalue weighted by Crippen LogP contribution is 2.31. The van der Waals surface area contributed by atoms with Crippen molar-refractivity contribution in [3.63, 3.8) is 0 Å². The molecular formula is C32H45Cl3N10O2. The summed E-state index contributed by atoms with van der Waals surface area (Å²) in [7, 11) is 0. The van der Waals surface area contributed by atoms with Crippen LogP contribution in [0, 0.1) is 0 Å². The molecule has 8 rings (SSSR count). The summed E-state index contributed by atoms with van der Waals surface area (Å²) in [5, 5.41) is 14.7. The molecule has 4 fully saturated rings. The topological polar surface area (TPSA) is 144 Å². The molecule has 0 aromatic carbocycles.